The average Bonchev–Trinajstić information content (AvgIpc) is 2.29. The molecule has 0 saturated carbocycles. The van der Waals surface area contributed by atoms with Crippen LogP contribution in [0.1, 0.15) is 17.3 Å². The maximum Gasteiger partial charge on any atom is 0.252 e. The van der Waals surface area contributed by atoms with Gasteiger partial charge in [0.05, 0.1) is 15.0 Å². The second-order valence-electron chi connectivity index (χ2n) is 3.61. The molecule has 3 nitrogen and oxygen atoms in total. The zero-order valence-electron chi connectivity index (χ0n) is 9.17. The molecule has 1 aromatic rings. The van der Waals surface area contributed by atoms with Crippen molar-refractivity contribution in [3.05, 3.63) is 34.1 Å². The van der Waals surface area contributed by atoms with E-state index >= 15 is 0 Å². The van der Waals surface area contributed by atoms with E-state index in [4.69, 9.17) is 18.0 Å². The molecule has 1 rings (SSSR count). The lowest BCUT2D eigenvalue weighted by Gasteiger charge is -2.11. The number of carbonyl (C=O) groups excluding carboxylic acids is 1. The Labute approximate surface area is 113 Å². The number of halogens is 2. The third kappa shape index (κ3) is 3.74. The van der Waals surface area contributed by atoms with Crippen molar-refractivity contribution in [2.24, 2.45) is 11.7 Å². The van der Waals surface area contributed by atoms with Crippen LogP contribution < -0.4 is 11.1 Å². The molecule has 3 N–H and O–H groups in total. The first-order valence-electron chi connectivity index (χ1n) is 4.95. The Bertz CT molecular complexity index is 453. The highest BCUT2D eigenvalue weighted by Crippen LogP contribution is 2.20. The van der Waals surface area contributed by atoms with E-state index in [-0.39, 0.29) is 21.9 Å². The van der Waals surface area contributed by atoms with Gasteiger partial charge in [-0.3, -0.25) is 4.79 Å². The second-order valence-corrected chi connectivity index (χ2v) is 4.88. The Balaban J connectivity index is 2.71. The summed E-state index contributed by atoms with van der Waals surface area (Å²) in [6.45, 7) is 2.14. The molecule has 0 aliphatic heterocycles. The van der Waals surface area contributed by atoms with Gasteiger partial charge in [-0.05, 0) is 28.1 Å². The van der Waals surface area contributed by atoms with Gasteiger partial charge in [-0.1, -0.05) is 25.2 Å². The fourth-order valence-corrected chi connectivity index (χ4v) is 1.65. The Kier molecular flexibility index (Phi) is 5.02. The largest absolute Gasteiger partial charge is 0.393 e. The lowest BCUT2D eigenvalue weighted by Crippen LogP contribution is -2.33. The van der Waals surface area contributed by atoms with Crippen molar-refractivity contribution < 1.29 is 9.18 Å². The molecule has 1 amide bonds. The van der Waals surface area contributed by atoms with Crippen molar-refractivity contribution in [3.63, 3.8) is 0 Å². The Morgan fingerprint density at radius 1 is 1.65 bits per heavy atom. The molecule has 1 atom stereocenters. The van der Waals surface area contributed by atoms with Gasteiger partial charge >= 0.3 is 0 Å². The zero-order valence-corrected chi connectivity index (χ0v) is 11.6. The van der Waals surface area contributed by atoms with Crippen molar-refractivity contribution in [1.29, 1.82) is 0 Å². The molecule has 1 aromatic carbocycles. The van der Waals surface area contributed by atoms with Gasteiger partial charge in [0.25, 0.3) is 5.91 Å². The van der Waals surface area contributed by atoms with Crippen LogP contribution in [0.2, 0.25) is 0 Å². The van der Waals surface area contributed by atoms with E-state index in [0.29, 0.717) is 11.5 Å². The Morgan fingerprint density at radius 3 is 2.88 bits per heavy atom. The second kappa shape index (κ2) is 6.07. The summed E-state index contributed by atoms with van der Waals surface area (Å²) < 4.78 is 13.4. The number of nitrogens with two attached hydrogens (primary N) is 1. The van der Waals surface area contributed by atoms with Crippen molar-refractivity contribution in [1.82, 2.24) is 5.32 Å². The molecule has 0 aromatic heterocycles. The number of hydrogen-bond donors (Lipinski definition) is 2. The van der Waals surface area contributed by atoms with Crippen molar-refractivity contribution in [3.8, 4) is 0 Å². The summed E-state index contributed by atoms with van der Waals surface area (Å²) in [5.74, 6) is -0.930. The van der Waals surface area contributed by atoms with Gasteiger partial charge in [-0.25, -0.2) is 4.39 Å². The van der Waals surface area contributed by atoms with Crippen molar-refractivity contribution >= 4 is 39.0 Å². The van der Waals surface area contributed by atoms with E-state index < -0.39 is 5.82 Å². The molecular formula is C11H12BrFN2OS. The normalized spacial score (nSPS) is 11.9. The van der Waals surface area contributed by atoms with Gasteiger partial charge in [0.1, 0.15) is 5.82 Å². The third-order valence-corrected chi connectivity index (χ3v) is 3.46. The topological polar surface area (TPSA) is 55.1 Å². The number of nitrogens with one attached hydrogen (secondary N) is 1. The summed E-state index contributed by atoms with van der Waals surface area (Å²) >= 11 is 7.82. The third-order valence-electron chi connectivity index (χ3n) is 2.25. The lowest BCUT2D eigenvalue weighted by atomic mass is 10.1. The Morgan fingerprint density at radius 2 is 2.29 bits per heavy atom. The highest BCUT2D eigenvalue weighted by Gasteiger charge is 2.14. The molecule has 0 spiro atoms. The molecule has 0 heterocycles. The van der Waals surface area contributed by atoms with Crippen LogP contribution >= 0.6 is 28.1 Å². The number of carbonyl (C=O) groups is 1. The number of hydrogen-bond acceptors (Lipinski definition) is 2. The van der Waals surface area contributed by atoms with E-state index in [0.717, 1.165) is 0 Å². The summed E-state index contributed by atoms with van der Waals surface area (Å²) in [4.78, 5) is 12.1. The van der Waals surface area contributed by atoms with Gasteiger partial charge in [0.2, 0.25) is 0 Å². The Hall–Kier alpha value is -1.01. The fraction of sp³-hybridized carbons (Fsp3) is 0.273. The first-order chi connectivity index (χ1) is 7.93. The van der Waals surface area contributed by atoms with Crippen molar-refractivity contribution in [2.45, 2.75) is 6.92 Å². The average molecular weight is 319 g/mol. The quantitative estimate of drug-likeness (QED) is 0.837. The number of thiocarbonyl (C=S) groups is 1. The van der Waals surface area contributed by atoms with Gasteiger partial charge in [0.15, 0.2) is 0 Å². The van der Waals surface area contributed by atoms with E-state index in [1.807, 2.05) is 6.92 Å². The summed E-state index contributed by atoms with van der Waals surface area (Å²) in [5.41, 5.74) is 5.68. The molecular weight excluding hydrogens is 307 g/mol. The van der Waals surface area contributed by atoms with Gasteiger partial charge < -0.3 is 11.1 Å². The number of amides is 1. The molecule has 92 valence electrons. The van der Waals surface area contributed by atoms with Crippen LogP contribution in [0, 0.1) is 11.7 Å². The monoisotopic (exact) mass is 318 g/mol. The molecule has 6 heteroatoms. The van der Waals surface area contributed by atoms with Crippen LogP contribution in [0.15, 0.2) is 22.7 Å². The predicted octanol–water partition coefficient (Wildman–Crippen LogP) is 2.24. The highest BCUT2D eigenvalue weighted by atomic mass is 79.9. The van der Waals surface area contributed by atoms with Crippen molar-refractivity contribution in [2.75, 3.05) is 6.54 Å². The molecule has 17 heavy (non-hydrogen) atoms. The van der Waals surface area contributed by atoms with E-state index in [2.05, 4.69) is 21.2 Å². The molecule has 0 saturated heterocycles. The standard InChI is InChI=1S/C11H12BrFN2OS/c1-6(10(14)17)5-15-11(16)7-3-2-4-8(13)9(7)12/h2-4,6H,5H2,1H3,(H2,14,17)(H,15,16). The van der Waals surface area contributed by atoms with E-state index in [1.165, 1.54) is 18.2 Å². The smallest absolute Gasteiger partial charge is 0.252 e. The maximum atomic E-state index is 13.2. The minimum Gasteiger partial charge on any atom is -0.393 e. The molecule has 0 aliphatic rings. The van der Waals surface area contributed by atoms with E-state index in [1.54, 1.807) is 0 Å². The zero-order chi connectivity index (χ0) is 13.0. The minimum absolute atomic E-state index is 0.0960. The fourth-order valence-electron chi connectivity index (χ4n) is 1.12. The van der Waals surface area contributed by atoms with E-state index in [9.17, 15) is 9.18 Å². The van der Waals surface area contributed by atoms with Gasteiger partial charge in [0, 0.05) is 12.5 Å². The summed E-state index contributed by atoms with van der Waals surface area (Å²) in [6, 6.07) is 4.29. The molecule has 0 fully saturated rings. The van der Waals surface area contributed by atoms with Crippen LogP contribution in [-0.2, 0) is 0 Å². The van der Waals surface area contributed by atoms with Crippen LogP contribution in [-0.4, -0.2) is 17.4 Å². The molecule has 0 bridgehead atoms. The summed E-state index contributed by atoms with van der Waals surface area (Å²) in [6.07, 6.45) is 0. The lowest BCUT2D eigenvalue weighted by molar-refractivity contribution is 0.0950. The van der Waals surface area contributed by atoms with Crippen LogP contribution in [0.25, 0.3) is 0 Å². The van der Waals surface area contributed by atoms with Crippen LogP contribution in [0.5, 0.6) is 0 Å². The van der Waals surface area contributed by atoms with Gasteiger partial charge in [-0.2, -0.15) is 0 Å². The SMILES string of the molecule is CC(CNC(=O)c1cccc(F)c1Br)C(N)=S. The molecule has 0 aliphatic carbocycles. The molecule has 1 unspecified atom stereocenters. The highest BCUT2D eigenvalue weighted by molar-refractivity contribution is 9.10. The minimum atomic E-state index is -0.472. The van der Waals surface area contributed by atoms with Crippen LogP contribution in [0.3, 0.4) is 0 Å². The first kappa shape index (κ1) is 14.1. The number of rotatable bonds is 4. The summed E-state index contributed by atoms with van der Waals surface area (Å²) in [5, 5.41) is 2.64. The predicted molar refractivity (Wildman–Crippen MR) is 72.4 cm³/mol. The number of benzene rings is 1. The van der Waals surface area contributed by atoms with Crippen LogP contribution in [0.4, 0.5) is 4.39 Å². The molecule has 0 radical (unpaired) electrons. The first-order valence-corrected chi connectivity index (χ1v) is 6.15. The summed E-state index contributed by atoms with van der Waals surface area (Å²) in [7, 11) is 0. The maximum absolute atomic E-state index is 13.2. The van der Waals surface area contributed by atoms with Gasteiger partial charge in [-0.15, -0.1) is 0 Å².